The first-order chi connectivity index (χ1) is 27.1. The standard InChI is InChI=1S/C51H45BN2O/c1-4-10-34-17-24-39(25-18-34)53-45-28-19-35(11-5-2)31-43(45)52-44-32-36(12-6-3)20-29-46(44)54(48-15-9-14-47(53)51(48)52)40-26-21-37(22-27-40)38-23-30-50-42(33-38)41-13-7-8-16-49(41)55-50/h7-9,13-33H,4-6,10-12H2,1-3H3. The van der Waals surface area contributed by atoms with Crippen molar-refractivity contribution in [3.63, 3.8) is 0 Å². The van der Waals surface area contributed by atoms with Gasteiger partial charge in [0.15, 0.2) is 0 Å². The van der Waals surface area contributed by atoms with E-state index in [1.54, 1.807) is 0 Å². The van der Waals surface area contributed by atoms with Gasteiger partial charge in [0.1, 0.15) is 11.2 Å². The number of furan rings is 1. The summed E-state index contributed by atoms with van der Waals surface area (Å²) in [5.74, 6) is 0. The third kappa shape index (κ3) is 5.57. The first kappa shape index (κ1) is 33.6. The average molecular weight is 713 g/mol. The van der Waals surface area contributed by atoms with Gasteiger partial charge in [0.25, 0.3) is 6.71 Å². The molecule has 0 spiro atoms. The molecule has 3 heterocycles. The molecule has 8 aromatic rings. The van der Waals surface area contributed by atoms with Crippen molar-refractivity contribution < 1.29 is 4.42 Å². The molecule has 0 saturated carbocycles. The topological polar surface area (TPSA) is 19.6 Å². The Labute approximate surface area is 324 Å². The summed E-state index contributed by atoms with van der Waals surface area (Å²) < 4.78 is 6.15. The summed E-state index contributed by atoms with van der Waals surface area (Å²) >= 11 is 0. The SMILES string of the molecule is CCCc1ccc(N2c3ccc(CCC)cc3B3c4cc(CCC)ccc4N(c4ccc(-c5ccc6oc7ccccc7c6c5)cc4)c4cccc2c43)cc1. The molecule has 0 amide bonds. The van der Waals surface area contributed by atoms with Crippen molar-refractivity contribution >= 4 is 79.2 Å². The summed E-state index contributed by atoms with van der Waals surface area (Å²) in [6, 6.07) is 54.8. The highest BCUT2D eigenvalue weighted by Gasteiger charge is 2.43. The molecule has 268 valence electrons. The van der Waals surface area contributed by atoms with E-state index < -0.39 is 0 Å². The maximum absolute atomic E-state index is 6.15. The van der Waals surface area contributed by atoms with Crippen LogP contribution in [0.2, 0.25) is 0 Å². The van der Waals surface area contributed by atoms with E-state index >= 15 is 0 Å². The van der Waals surface area contributed by atoms with Crippen LogP contribution in [0.5, 0.6) is 0 Å². The van der Waals surface area contributed by atoms with Crippen LogP contribution in [0.3, 0.4) is 0 Å². The van der Waals surface area contributed by atoms with Crippen LogP contribution in [0, 0.1) is 0 Å². The minimum Gasteiger partial charge on any atom is -0.456 e. The van der Waals surface area contributed by atoms with E-state index in [9.17, 15) is 0 Å². The van der Waals surface area contributed by atoms with E-state index in [4.69, 9.17) is 4.42 Å². The fourth-order valence-electron chi connectivity index (χ4n) is 9.30. The summed E-state index contributed by atoms with van der Waals surface area (Å²) in [7, 11) is 0. The zero-order valence-corrected chi connectivity index (χ0v) is 32.0. The second-order valence-corrected chi connectivity index (χ2v) is 15.4. The highest BCUT2D eigenvalue weighted by atomic mass is 16.3. The summed E-state index contributed by atoms with van der Waals surface area (Å²) in [5, 5.41) is 2.31. The summed E-state index contributed by atoms with van der Waals surface area (Å²) in [6.07, 6.45) is 6.63. The Morgan fingerprint density at radius 2 is 0.964 bits per heavy atom. The number of anilines is 6. The molecule has 0 atom stereocenters. The third-order valence-electron chi connectivity index (χ3n) is 11.8. The molecule has 10 rings (SSSR count). The lowest BCUT2D eigenvalue weighted by atomic mass is 9.33. The summed E-state index contributed by atoms with van der Waals surface area (Å²) in [6.45, 7) is 6.95. The Bertz CT molecular complexity index is 2710. The van der Waals surface area contributed by atoms with Crippen LogP contribution in [-0.4, -0.2) is 6.71 Å². The minimum absolute atomic E-state index is 0.132. The predicted molar refractivity (Wildman–Crippen MR) is 235 cm³/mol. The lowest BCUT2D eigenvalue weighted by Crippen LogP contribution is -2.61. The lowest BCUT2D eigenvalue weighted by molar-refractivity contribution is 0.669. The van der Waals surface area contributed by atoms with Crippen LogP contribution in [0.1, 0.15) is 56.7 Å². The fraction of sp³-hybridized carbons (Fsp3) is 0.176. The molecule has 0 saturated heterocycles. The molecule has 3 nitrogen and oxygen atoms in total. The highest BCUT2D eigenvalue weighted by Crippen LogP contribution is 2.44. The highest BCUT2D eigenvalue weighted by molar-refractivity contribution is 7.00. The molecular weight excluding hydrogens is 667 g/mol. The second kappa shape index (κ2) is 13.7. The summed E-state index contributed by atoms with van der Waals surface area (Å²) in [4.78, 5) is 5.04. The molecule has 2 aliphatic heterocycles. The number of nitrogens with zero attached hydrogens (tertiary/aromatic N) is 2. The van der Waals surface area contributed by atoms with Crippen LogP contribution >= 0.6 is 0 Å². The Balaban J connectivity index is 1.15. The maximum atomic E-state index is 6.15. The van der Waals surface area contributed by atoms with E-state index in [-0.39, 0.29) is 6.71 Å². The predicted octanol–water partition coefficient (Wildman–Crippen LogP) is 12.2. The second-order valence-electron chi connectivity index (χ2n) is 15.4. The number of rotatable bonds is 9. The van der Waals surface area contributed by atoms with E-state index in [0.717, 1.165) is 66.2 Å². The van der Waals surface area contributed by atoms with Crippen LogP contribution in [0.15, 0.2) is 150 Å². The van der Waals surface area contributed by atoms with Gasteiger partial charge in [-0.05, 0) is 130 Å². The van der Waals surface area contributed by atoms with Gasteiger partial charge in [0.05, 0.1) is 0 Å². The number of aryl methyl sites for hydroxylation is 3. The average Bonchev–Trinajstić information content (AvgIpc) is 3.60. The van der Waals surface area contributed by atoms with Crippen LogP contribution < -0.4 is 26.2 Å². The molecule has 0 radical (unpaired) electrons. The van der Waals surface area contributed by atoms with Crippen LogP contribution in [0.4, 0.5) is 34.1 Å². The first-order valence-corrected chi connectivity index (χ1v) is 20.2. The van der Waals surface area contributed by atoms with Gasteiger partial charge in [0.2, 0.25) is 0 Å². The fourth-order valence-corrected chi connectivity index (χ4v) is 9.30. The number of hydrogen-bond acceptors (Lipinski definition) is 3. The van der Waals surface area contributed by atoms with Crippen molar-refractivity contribution in [2.75, 3.05) is 9.80 Å². The van der Waals surface area contributed by atoms with E-state index in [0.29, 0.717) is 0 Å². The van der Waals surface area contributed by atoms with Gasteiger partial charge in [-0.3, -0.25) is 0 Å². The van der Waals surface area contributed by atoms with Gasteiger partial charge in [-0.25, -0.2) is 0 Å². The summed E-state index contributed by atoms with van der Waals surface area (Å²) in [5.41, 5.74) is 20.0. The first-order valence-electron chi connectivity index (χ1n) is 20.2. The number of fused-ring (bicyclic) bond motifs is 7. The maximum Gasteiger partial charge on any atom is 0.252 e. The van der Waals surface area contributed by atoms with Crippen LogP contribution in [0.25, 0.3) is 33.1 Å². The molecule has 2 aliphatic rings. The van der Waals surface area contributed by atoms with Crippen molar-refractivity contribution in [2.24, 2.45) is 0 Å². The van der Waals surface area contributed by atoms with Crippen molar-refractivity contribution in [3.8, 4) is 11.1 Å². The third-order valence-corrected chi connectivity index (χ3v) is 11.8. The van der Waals surface area contributed by atoms with E-state index in [1.165, 1.54) is 72.6 Å². The minimum atomic E-state index is 0.132. The Hall–Kier alpha value is -6.00. The number of para-hydroxylation sites is 1. The van der Waals surface area contributed by atoms with E-state index in [2.05, 4.69) is 164 Å². The molecule has 4 heteroatoms. The van der Waals surface area contributed by atoms with Gasteiger partial charge in [0, 0.05) is 44.9 Å². The van der Waals surface area contributed by atoms with Gasteiger partial charge < -0.3 is 14.2 Å². The largest absolute Gasteiger partial charge is 0.456 e. The van der Waals surface area contributed by atoms with Crippen molar-refractivity contribution in [3.05, 3.63) is 162 Å². The molecular formula is C51H45BN2O. The van der Waals surface area contributed by atoms with Crippen molar-refractivity contribution in [1.29, 1.82) is 0 Å². The monoisotopic (exact) mass is 712 g/mol. The smallest absolute Gasteiger partial charge is 0.252 e. The van der Waals surface area contributed by atoms with Gasteiger partial charge in [-0.1, -0.05) is 119 Å². The Morgan fingerprint density at radius 1 is 0.436 bits per heavy atom. The van der Waals surface area contributed by atoms with Crippen LogP contribution in [-0.2, 0) is 19.3 Å². The zero-order chi connectivity index (χ0) is 37.0. The molecule has 55 heavy (non-hydrogen) atoms. The lowest BCUT2D eigenvalue weighted by Gasteiger charge is -2.44. The van der Waals surface area contributed by atoms with Gasteiger partial charge in [-0.15, -0.1) is 0 Å². The molecule has 0 bridgehead atoms. The number of benzene rings is 7. The van der Waals surface area contributed by atoms with Gasteiger partial charge >= 0.3 is 0 Å². The normalized spacial score (nSPS) is 13.0. The zero-order valence-electron chi connectivity index (χ0n) is 32.0. The molecule has 0 aliphatic carbocycles. The number of hydrogen-bond donors (Lipinski definition) is 0. The van der Waals surface area contributed by atoms with Crippen molar-refractivity contribution in [1.82, 2.24) is 0 Å². The molecule has 7 aromatic carbocycles. The molecule has 0 unspecified atom stereocenters. The quantitative estimate of drug-likeness (QED) is 0.139. The van der Waals surface area contributed by atoms with Gasteiger partial charge in [-0.2, -0.15) is 0 Å². The Kier molecular flexibility index (Phi) is 8.36. The molecule has 0 fully saturated rings. The Morgan fingerprint density at radius 3 is 1.58 bits per heavy atom. The molecule has 0 N–H and O–H groups in total. The molecule has 1 aromatic heterocycles. The van der Waals surface area contributed by atoms with E-state index in [1.807, 2.05) is 12.1 Å². The van der Waals surface area contributed by atoms with Crippen molar-refractivity contribution in [2.45, 2.75) is 59.3 Å².